The lowest BCUT2D eigenvalue weighted by Gasteiger charge is -2.34. The minimum atomic E-state index is -0.830. The second-order valence-electron chi connectivity index (χ2n) is 2.89. The maximum atomic E-state index is 9.25. The first-order valence-electron chi connectivity index (χ1n) is 3.48. The van der Waals surface area contributed by atoms with Crippen LogP contribution in [0.2, 0.25) is 0 Å². The van der Waals surface area contributed by atoms with Gasteiger partial charge in [-0.05, 0) is 5.92 Å². The summed E-state index contributed by atoms with van der Waals surface area (Å²) in [6.07, 6.45) is -1.99. The summed E-state index contributed by atoms with van der Waals surface area (Å²) in [7, 11) is 0. The highest BCUT2D eigenvalue weighted by Gasteiger charge is 2.32. The molecule has 0 aromatic heterocycles. The van der Waals surface area contributed by atoms with Crippen LogP contribution in [0.25, 0.3) is 0 Å². The van der Waals surface area contributed by atoms with Crippen molar-refractivity contribution in [3.63, 3.8) is 0 Å². The van der Waals surface area contributed by atoms with Gasteiger partial charge in [0.1, 0.15) is 6.10 Å². The van der Waals surface area contributed by atoms with E-state index in [9.17, 15) is 10.2 Å². The van der Waals surface area contributed by atoms with Crippen LogP contribution in [0.1, 0.15) is 6.92 Å². The fraction of sp³-hybridized carbons (Fsp3) is 1.00. The summed E-state index contributed by atoms with van der Waals surface area (Å²) in [4.78, 5) is 0. The Balaban J connectivity index is 2.52. The van der Waals surface area contributed by atoms with Crippen LogP contribution >= 0.6 is 0 Å². The van der Waals surface area contributed by atoms with E-state index in [1.165, 1.54) is 0 Å². The second kappa shape index (κ2) is 2.84. The van der Waals surface area contributed by atoms with E-state index in [1.807, 2.05) is 6.92 Å². The Labute approximate surface area is 60.0 Å². The molecule has 0 saturated carbocycles. The summed E-state index contributed by atoms with van der Waals surface area (Å²) in [5, 5.41) is 21.3. The zero-order chi connectivity index (χ0) is 7.72. The average Bonchev–Trinajstić information content (AvgIpc) is 1.93. The molecule has 1 rings (SSSR count). The molecule has 1 aliphatic heterocycles. The van der Waals surface area contributed by atoms with Gasteiger partial charge < -0.3 is 15.9 Å². The minimum absolute atomic E-state index is 0.0785. The Bertz CT molecular complexity index is 106. The van der Waals surface area contributed by atoms with E-state index in [4.69, 9.17) is 5.73 Å². The van der Waals surface area contributed by atoms with Crippen LogP contribution in [0.4, 0.5) is 0 Å². The van der Waals surface area contributed by atoms with E-state index in [2.05, 4.69) is 5.32 Å². The Kier molecular flexibility index (Phi) is 2.25. The molecular weight excluding hydrogens is 132 g/mol. The summed E-state index contributed by atoms with van der Waals surface area (Å²) in [5.41, 5.74) is 5.41. The SMILES string of the molecule is C[C@@H]1CN[C@@H](N)[C@H](O)[C@@H]1O. The topological polar surface area (TPSA) is 78.5 Å². The summed E-state index contributed by atoms with van der Waals surface area (Å²) < 4.78 is 0. The molecule has 4 nitrogen and oxygen atoms in total. The van der Waals surface area contributed by atoms with E-state index in [0.717, 1.165) is 0 Å². The molecule has 4 atom stereocenters. The van der Waals surface area contributed by atoms with Gasteiger partial charge in [-0.25, -0.2) is 0 Å². The molecule has 0 aromatic carbocycles. The lowest BCUT2D eigenvalue weighted by Crippen LogP contribution is -2.60. The highest BCUT2D eigenvalue weighted by atomic mass is 16.3. The normalized spacial score (nSPS) is 49.2. The van der Waals surface area contributed by atoms with Gasteiger partial charge in [0.15, 0.2) is 0 Å². The Morgan fingerprint density at radius 2 is 2.00 bits per heavy atom. The second-order valence-corrected chi connectivity index (χ2v) is 2.89. The van der Waals surface area contributed by atoms with Crippen LogP contribution < -0.4 is 11.1 Å². The van der Waals surface area contributed by atoms with Crippen LogP contribution in [0.5, 0.6) is 0 Å². The van der Waals surface area contributed by atoms with Crippen molar-refractivity contribution in [2.24, 2.45) is 11.7 Å². The van der Waals surface area contributed by atoms with Crippen molar-refractivity contribution in [2.75, 3.05) is 6.54 Å². The lowest BCUT2D eigenvalue weighted by atomic mass is 9.94. The Morgan fingerprint density at radius 1 is 1.40 bits per heavy atom. The third-order valence-electron chi connectivity index (χ3n) is 1.98. The van der Waals surface area contributed by atoms with Crippen molar-refractivity contribution in [1.29, 1.82) is 0 Å². The highest BCUT2D eigenvalue weighted by molar-refractivity contribution is 4.86. The van der Waals surface area contributed by atoms with Crippen molar-refractivity contribution in [3.05, 3.63) is 0 Å². The fourth-order valence-electron chi connectivity index (χ4n) is 1.11. The number of hydrogen-bond acceptors (Lipinski definition) is 4. The van der Waals surface area contributed by atoms with Gasteiger partial charge >= 0.3 is 0 Å². The van der Waals surface area contributed by atoms with E-state index >= 15 is 0 Å². The maximum Gasteiger partial charge on any atom is 0.108 e. The first-order valence-corrected chi connectivity index (χ1v) is 3.48. The largest absolute Gasteiger partial charge is 0.390 e. The average molecular weight is 146 g/mol. The summed E-state index contributed by atoms with van der Waals surface area (Å²) >= 11 is 0. The molecule has 4 heteroatoms. The number of aliphatic hydroxyl groups is 2. The van der Waals surface area contributed by atoms with Crippen molar-refractivity contribution in [2.45, 2.75) is 25.3 Å². The number of rotatable bonds is 0. The molecular formula is C6H14N2O2. The molecule has 1 saturated heterocycles. The monoisotopic (exact) mass is 146 g/mol. The number of piperidine rings is 1. The minimum Gasteiger partial charge on any atom is -0.390 e. The van der Waals surface area contributed by atoms with Gasteiger partial charge in [-0.15, -0.1) is 0 Å². The molecule has 0 spiro atoms. The third kappa shape index (κ3) is 1.29. The van der Waals surface area contributed by atoms with Crippen molar-refractivity contribution in [3.8, 4) is 0 Å². The zero-order valence-electron chi connectivity index (χ0n) is 5.99. The molecule has 0 radical (unpaired) electrons. The Hall–Kier alpha value is -0.160. The van der Waals surface area contributed by atoms with Crippen LogP contribution in [-0.2, 0) is 0 Å². The summed E-state index contributed by atoms with van der Waals surface area (Å²) in [6.45, 7) is 2.53. The van der Waals surface area contributed by atoms with E-state index in [0.29, 0.717) is 6.54 Å². The van der Waals surface area contributed by atoms with Crippen molar-refractivity contribution >= 4 is 0 Å². The molecule has 1 heterocycles. The molecule has 0 aliphatic carbocycles. The molecule has 0 unspecified atom stereocenters. The summed E-state index contributed by atoms with van der Waals surface area (Å²) in [5.74, 6) is 0.0785. The van der Waals surface area contributed by atoms with Gasteiger partial charge in [0.05, 0.1) is 12.3 Å². The molecule has 0 bridgehead atoms. The molecule has 0 aromatic rings. The van der Waals surface area contributed by atoms with Crippen LogP contribution in [0, 0.1) is 5.92 Å². The number of nitrogens with one attached hydrogen (secondary N) is 1. The van der Waals surface area contributed by atoms with E-state index in [-0.39, 0.29) is 5.92 Å². The number of aliphatic hydroxyl groups excluding tert-OH is 2. The standard InChI is InChI=1S/C6H14N2O2/c1-3-2-8-6(7)5(10)4(3)9/h3-6,8-10H,2,7H2,1H3/t3-,4-,5-,6-/m1/s1. The van der Waals surface area contributed by atoms with Gasteiger partial charge in [-0.1, -0.05) is 6.92 Å². The Morgan fingerprint density at radius 3 is 2.50 bits per heavy atom. The third-order valence-corrected chi connectivity index (χ3v) is 1.98. The fourth-order valence-corrected chi connectivity index (χ4v) is 1.11. The quantitative estimate of drug-likeness (QED) is 0.326. The van der Waals surface area contributed by atoms with Crippen molar-refractivity contribution < 1.29 is 10.2 Å². The lowest BCUT2D eigenvalue weighted by molar-refractivity contribution is -0.0527. The van der Waals surface area contributed by atoms with Crippen LogP contribution in [-0.4, -0.2) is 35.1 Å². The smallest absolute Gasteiger partial charge is 0.108 e. The van der Waals surface area contributed by atoms with Crippen molar-refractivity contribution in [1.82, 2.24) is 5.32 Å². The molecule has 0 amide bonds. The summed E-state index contributed by atoms with van der Waals surface area (Å²) in [6, 6.07) is 0. The van der Waals surface area contributed by atoms with Gasteiger partial charge in [-0.3, -0.25) is 5.32 Å². The van der Waals surface area contributed by atoms with Crippen LogP contribution in [0.3, 0.4) is 0 Å². The predicted octanol–water partition coefficient (Wildman–Crippen LogP) is -1.77. The molecule has 10 heavy (non-hydrogen) atoms. The molecule has 1 aliphatic rings. The number of nitrogens with two attached hydrogens (primary N) is 1. The van der Waals surface area contributed by atoms with Gasteiger partial charge in [-0.2, -0.15) is 0 Å². The zero-order valence-corrected chi connectivity index (χ0v) is 5.99. The van der Waals surface area contributed by atoms with Crippen LogP contribution in [0.15, 0.2) is 0 Å². The van der Waals surface area contributed by atoms with E-state index in [1.54, 1.807) is 0 Å². The maximum absolute atomic E-state index is 9.25. The first-order chi connectivity index (χ1) is 4.63. The number of hydrogen-bond donors (Lipinski definition) is 4. The molecule has 1 fully saturated rings. The van der Waals surface area contributed by atoms with Gasteiger partial charge in [0.2, 0.25) is 0 Å². The van der Waals surface area contributed by atoms with E-state index < -0.39 is 18.4 Å². The highest BCUT2D eigenvalue weighted by Crippen LogP contribution is 2.12. The van der Waals surface area contributed by atoms with Gasteiger partial charge in [0.25, 0.3) is 0 Å². The molecule has 5 N–H and O–H groups in total. The predicted molar refractivity (Wildman–Crippen MR) is 37.2 cm³/mol. The van der Waals surface area contributed by atoms with Gasteiger partial charge in [0, 0.05) is 6.54 Å². The molecule has 60 valence electrons. The first kappa shape index (κ1) is 7.94.